The van der Waals surface area contributed by atoms with Crippen LogP contribution in [-0.2, 0) is 0 Å². The summed E-state index contributed by atoms with van der Waals surface area (Å²) in [5.74, 6) is -0.369. The maximum atomic E-state index is 13.6. The number of hydrogen-bond donors (Lipinski definition) is 0. The predicted molar refractivity (Wildman–Crippen MR) is 85.4 cm³/mol. The number of hydrogen-bond acceptors (Lipinski definition) is 3. The molecule has 0 saturated carbocycles. The zero-order valence-corrected chi connectivity index (χ0v) is 12.0. The van der Waals surface area contributed by atoms with Crippen LogP contribution in [0.15, 0.2) is 60.9 Å². The third-order valence-corrected chi connectivity index (χ3v) is 3.85. The van der Waals surface area contributed by atoms with Gasteiger partial charge in [0.15, 0.2) is 0 Å². The molecule has 4 heteroatoms. The first-order valence-corrected chi connectivity index (χ1v) is 7.11. The molecule has 2 aromatic heterocycles. The number of nitriles is 1. The van der Waals surface area contributed by atoms with Crippen LogP contribution in [0.4, 0.5) is 4.39 Å². The zero-order valence-electron chi connectivity index (χ0n) is 12.0. The number of nitrogens with zero attached hydrogens (tertiary/aromatic N) is 3. The van der Waals surface area contributed by atoms with Crippen molar-refractivity contribution >= 4 is 11.1 Å². The molecule has 0 amide bonds. The molecule has 1 aliphatic rings. The number of allylic oxidation sites excluding steroid dienone is 1. The Balaban J connectivity index is 2.09. The summed E-state index contributed by atoms with van der Waals surface area (Å²) in [6.45, 7) is 0. The number of benzene rings is 1. The fourth-order valence-corrected chi connectivity index (χ4v) is 2.91. The molecule has 2 heterocycles. The van der Waals surface area contributed by atoms with Crippen molar-refractivity contribution in [2.75, 3.05) is 0 Å². The lowest BCUT2D eigenvalue weighted by atomic mass is 9.94. The molecule has 3 aromatic rings. The van der Waals surface area contributed by atoms with Crippen LogP contribution in [-0.4, -0.2) is 9.97 Å². The van der Waals surface area contributed by atoms with Crippen LogP contribution >= 0.6 is 0 Å². The zero-order chi connectivity index (χ0) is 15.8. The van der Waals surface area contributed by atoms with Gasteiger partial charge in [0.05, 0.1) is 17.0 Å². The third kappa shape index (κ3) is 2.02. The average Bonchev–Trinajstić information content (AvgIpc) is 2.91. The summed E-state index contributed by atoms with van der Waals surface area (Å²) in [6, 6.07) is 15.8. The first kappa shape index (κ1) is 13.4. The summed E-state index contributed by atoms with van der Waals surface area (Å²) < 4.78 is 13.6. The van der Waals surface area contributed by atoms with Crippen LogP contribution < -0.4 is 0 Å². The average molecular weight is 299 g/mol. The van der Waals surface area contributed by atoms with Crippen LogP contribution in [0.1, 0.15) is 16.7 Å². The summed E-state index contributed by atoms with van der Waals surface area (Å²) in [6.07, 6.45) is 3.41. The van der Waals surface area contributed by atoms with E-state index >= 15 is 0 Å². The van der Waals surface area contributed by atoms with E-state index in [1.54, 1.807) is 24.5 Å². The van der Waals surface area contributed by atoms with Gasteiger partial charge in [-0.3, -0.25) is 9.97 Å². The lowest BCUT2D eigenvalue weighted by Crippen LogP contribution is -1.91. The van der Waals surface area contributed by atoms with Crippen molar-refractivity contribution in [3.63, 3.8) is 0 Å². The number of halogens is 1. The molecule has 0 unspecified atom stereocenters. The third-order valence-electron chi connectivity index (χ3n) is 3.85. The molecule has 0 spiro atoms. The Hall–Kier alpha value is -3.32. The largest absolute Gasteiger partial charge is 0.254 e. The van der Waals surface area contributed by atoms with E-state index in [4.69, 9.17) is 0 Å². The first-order valence-electron chi connectivity index (χ1n) is 7.11. The van der Waals surface area contributed by atoms with Gasteiger partial charge in [-0.05, 0) is 29.8 Å². The summed E-state index contributed by atoms with van der Waals surface area (Å²) in [5.41, 5.74) is 4.93. The lowest BCUT2D eigenvalue weighted by Gasteiger charge is -2.07. The van der Waals surface area contributed by atoms with Gasteiger partial charge in [-0.2, -0.15) is 5.26 Å². The van der Waals surface area contributed by atoms with Gasteiger partial charge < -0.3 is 0 Å². The normalized spacial score (nSPS) is 11.6. The second-order valence-corrected chi connectivity index (χ2v) is 5.17. The molecular weight excluding hydrogens is 289 g/mol. The van der Waals surface area contributed by atoms with Crippen LogP contribution in [0, 0.1) is 17.1 Å². The van der Waals surface area contributed by atoms with E-state index in [2.05, 4.69) is 16.0 Å². The van der Waals surface area contributed by atoms with Gasteiger partial charge >= 0.3 is 0 Å². The van der Waals surface area contributed by atoms with Crippen molar-refractivity contribution < 1.29 is 4.39 Å². The Labute approximate surface area is 132 Å². The van der Waals surface area contributed by atoms with Gasteiger partial charge in [0.1, 0.15) is 11.9 Å². The maximum Gasteiger partial charge on any atom is 0.123 e. The van der Waals surface area contributed by atoms with Crippen LogP contribution in [0.2, 0.25) is 0 Å². The van der Waals surface area contributed by atoms with Gasteiger partial charge in [0, 0.05) is 29.1 Å². The van der Waals surface area contributed by atoms with Crippen molar-refractivity contribution in [2.45, 2.75) is 0 Å². The number of aromatic nitrogens is 2. The smallest absolute Gasteiger partial charge is 0.123 e. The second kappa shape index (κ2) is 5.15. The molecular formula is C19H10FN3. The first-order chi connectivity index (χ1) is 11.3. The number of rotatable bonds is 1. The Morgan fingerprint density at radius 2 is 1.57 bits per heavy atom. The van der Waals surface area contributed by atoms with Crippen molar-refractivity contribution in [3.8, 4) is 17.5 Å². The summed E-state index contributed by atoms with van der Waals surface area (Å²) in [4.78, 5) is 8.80. The van der Waals surface area contributed by atoms with Crippen LogP contribution in [0.5, 0.6) is 0 Å². The topological polar surface area (TPSA) is 49.6 Å². The molecule has 0 aliphatic heterocycles. The minimum absolute atomic E-state index is 0.369. The SMILES string of the molecule is N#CC(=C1c2cccnc2-c2ncccc21)c1cccc(F)c1. The highest BCUT2D eigenvalue weighted by molar-refractivity contribution is 6.11. The van der Waals surface area contributed by atoms with Gasteiger partial charge in [-0.1, -0.05) is 24.3 Å². The fraction of sp³-hybridized carbons (Fsp3) is 0. The highest BCUT2D eigenvalue weighted by atomic mass is 19.1. The van der Waals surface area contributed by atoms with Gasteiger partial charge in [-0.25, -0.2) is 4.39 Å². The Kier molecular flexibility index (Phi) is 2.99. The quantitative estimate of drug-likeness (QED) is 0.498. The molecule has 108 valence electrons. The van der Waals surface area contributed by atoms with E-state index in [9.17, 15) is 9.65 Å². The molecule has 1 aromatic carbocycles. The van der Waals surface area contributed by atoms with E-state index in [-0.39, 0.29) is 5.82 Å². The minimum Gasteiger partial charge on any atom is -0.254 e. The highest BCUT2D eigenvalue weighted by Gasteiger charge is 2.28. The van der Waals surface area contributed by atoms with Crippen molar-refractivity contribution in [3.05, 3.63) is 83.4 Å². The Morgan fingerprint density at radius 1 is 0.913 bits per heavy atom. The number of pyridine rings is 2. The molecule has 0 bridgehead atoms. The van der Waals surface area contributed by atoms with E-state index in [0.29, 0.717) is 11.1 Å². The van der Waals surface area contributed by atoms with E-state index < -0.39 is 0 Å². The van der Waals surface area contributed by atoms with Crippen molar-refractivity contribution in [1.82, 2.24) is 9.97 Å². The highest BCUT2D eigenvalue weighted by Crippen LogP contribution is 2.44. The standard InChI is InChI=1S/C19H10FN3/c20-13-5-1-4-12(10-13)16(11-21)17-14-6-2-8-22-18(14)19-15(17)7-3-9-23-19/h1-10H. The predicted octanol–water partition coefficient (Wildman–Crippen LogP) is 4.08. The van der Waals surface area contributed by atoms with Gasteiger partial charge in [0.2, 0.25) is 0 Å². The van der Waals surface area contributed by atoms with E-state index in [1.165, 1.54) is 12.1 Å². The summed E-state index contributed by atoms with van der Waals surface area (Å²) in [7, 11) is 0. The molecule has 0 radical (unpaired) electrons. The summed E-state index contributed by atoms with van der Waals surface area (Å²) in [5, 5.41) is 9.71. The van der Waals surface area contributed by atoms with Crippen LogP contribution in [0.3, 0.4) is 0 Å². The van der Waals surface area contributed by atoms with Gasteiger partial charge in [0.25, 0.3) is 0 Å². The monoisotopic (exact) mass is 299 g/mol. The fourth-order valence-electron chi connectivity index (χ4n) is 2.91. The molecule has 3 nitrogen and oxygen atoms in total. The Bertz CT molecular complexity index is 952. The molecule has 1 aliphatic carbocycles. The Morgan fingerprint density at radius 3 is 2.13 bits per heavy atom. The molecule has 0 saturated heterocycles. The molecule has 0 fully saturated rings. The summed E-state index contributed by atoms with van der Waals surface area (Å²) >= 11 is 0. The molecule has 4 rings (SSSR count). The van der Waals surface area contributed by atoms with Crippen molar-refractivity contribution in [1.29, 1.82) is 5.26 Å². The molecule has 0 N–H and O–H groups in total. The van der Waals surface area contributed by atoms with E-state index in [0.717, 1.165) is 28.1 Å². The molecule has 0 atom stereocenters. The van der Waals surface area contributed by atoms with Crippen LogP contribution in [0.25, 0.3) is 22.5 Å². The number of fused-ring (bicyclic) bond motifs is 3. The van der Waals surface area contributed by atoms with Crippen molar-refractivity contribution in [2.24, 2.45) is 0 Å². The van der Waals surface area contributed by atoms with Gasteiger partial charge in [-0.15, -0.1) is 0 Å². The second-order valence-electron chi connectivity index (χ2n) is 5.17. The maximum absolute atomic E-state index is 13.6. The van der Waals surface area contributed by atoms with E-state index in [1.807, 2.05) is 24.3 Å². The molecule has 23 heavy (non-hydrogen) atoms. The lowest BCUT2D eigenvalue weighted by molar-refractivity contribution is 0.627. The minimum atomic E-state index is -0.369.